The quantitative estimate of drug-likeness (QED) is 0.885. The predicted octanol–water partition coefficient (Wildman–Crippen LogP) is 3.31. The minimum Gasteiger partial charge on any atom is -0.478 e. The predicted molar refractivity (Wildman–Crippen MR) is 82.7 cm³/mol. The van der Waals surface area contributed by atoms with Crippen molar-refractivity contribution in [2.24, 2.45) is 5.92 Å². The molecule has 0 bridgehead atoms. The summed E-state index contributed by atoms with van der Waals surface area (Å²) in [6.07, 6.45) is 0.982. The molecule has 0 heterocycles. The van der Waals surface area contributed by atoms with Crippen molar-refractivity contribution in [3.8, 4) is 0 Å². The van der Waals surface area contributed by atoms with Crippen LogP contribution in [0.25, 0.3) is 10.8 Å². The maximum Gasteiger partial charge on any atom is 0.336 e. The van der Waals surface area contributed by atoms with Crippen LogP contribution in [0.4, 0.5) is 0 Å². The minimum absolute atomic E-state index is 0.154. The van der Waals surface area contributed by atoms with Crippen molar-refractivity contribution in [2.75, 3.05) is 6.54 Å². The first-order chi connectivity index (χ1) is 10.0. The van der Waals surface area contributed by atoms with E-state index in [4.69, 9.17) is 0 Å². The number of aromatic carboxylic acids is 1. The molecule has 21 heavy (non-hydrogen) atoms. The summed E-state index contributed by atoms with van der Waals surface area (Å²) in [6, 6.07) is 10.3. The van der Waals surface area contributed by atoms with Crippen molar-refractivity contribution >= 4 is 22.6 Å². The monoisotopic (exact) mass is 285 g/mol. The second-order valence-electron chi connectivity index (χ2n) is 5.24. The summed E-state index contributed by atoms with van der Waals surface area (Å²) < 4.78 is 0. The van der Waals surface area contributed by atoms with Gasteiger partial charge < -0.3 is 10.4 Å². The maximum absolute atomic E-state index is 12.3. The third-order valence-electron chi connectivity index (χ3n) is 3.69. The molecular formula is C17H19NO3. The van der Waals surface area contributed by atoms with Gasteiger partial charge in [-0.1, -0.05) is 44.5 Å². The van der Waals surface area contributed by atoms with E-state index in [0.717, 1.165) is 11.8 Å². The molecule has 110 valence electrons. The highest BCUT2D eigenvalue weighted by Gasteiger charge is 2.16. The number of benzene rings is 2. The third-order valence-corrected chi connectivity index (χ3v) is 3.69. The number of hydrogen-bond donors (Lipinski definition) is 2. The number of rotatable bonds is 5. The van der Waals surface area contributed by atoms with Crippen molar-refractivity contribution in [3.63, 3.8) is 0 Å². The Labute approximate surface area is 123 Å². The van der Waals surface area contributed by atoms with Crippen LogP contribution in [0.1, 0.15) is 41.0 Å². The van der Waals surface area contributed by atoms with Crippen LogP contribution in [0, 0.1) is 5.92 Å². The molecule has 2 rings (SSSR count). The van der Waals surface area contributed by atoms with Crippen LogP contribution in [0.2, 0.25) is 0 Å². The summed E-state index contributed by atoms with van der Waals surface area (Å²) in [4.78, 5) is 23.7. The zero-order chi connectivity index (χ0) is 15.4. The summed E-state index contributed by atoms with van der Waals surface area (Å²) >= 11 is 0. The fraction of sp³-hybridized carbons (Fsp3) is 0.294. The van der Waals surface area contributed by atoms with Gasteiger partial charge in [0.05, 0.1) is 5.56 Å². The lowest BCUT2D eigenvalue weighted by Crippen LogP contribution is -2.28. The molecule has 1 unspecified atom stereocenters. The fourth-order valence-electron chi connectivity index (χ4n) is 2.21. The molecule has 0 aliphatic rings. The highest BCUT2D eigenvalue weighted by molar-refractivity contribution is 6.14. The van der Waals surface area contributed by atoms with Gasteiger partial charge in [0.15, 0.2) is 0 Å². The summed E-state index contributed by atoms with van der Waals surface area (Å²) in [5, 5.41) is 13.4. The first kappa shape index (κ1) is 15.0. The summed E-state index contributed by atoms with van der Waals surface area (Å²) in [6.45, 7) is 4.71. The number of hydrogen-bond acceptors (Lipinski definition) is 2. The van der Waals surface area contributed by atoms with E-state index in [1.54, 1.807) is 18.2 Å². The summed E-state index contributed by atoms with van der Waals surface area (Å²) in [5.41, 5.74) is 0.565. The van der Waals surface area contributed by atoms with Gasteiger partial charge in [0.25, 0.3) is 5.91 Å². The standard InChI is InChI=1S/C17H19NO3/c1-3-11(2)10-18-16(19)13-8-4-6-12-7-5-9-14(15(12)13)17(20)21/h4-9,11H,3,10H2,1-2H3,(H,18,19)(H,20,21). The van der Waals surface area contributed by atoms with E-state index < -0.39 is 5.97 Å². The number of fused-ring (bicyclic) bond motifs is 1. The largest absolute Gasteiger partial charge is 0.478 e. The third kappa shape index (κ3) is 3.21. The fourth-order valence-corrected chi connectivity index (χ4v) is 2.21. The Bertz CT molecular complexity index is 674. The van der Waals surface area contributed by atoms with Gasteiger partial charge in [0.1, 0.15) is 0 Å². The Morgan fingerprint density at radius 2 is 1.76 bits per heavy atom. The molecule has 2 aromatic rings. The minimum atomic E-state index is -1.03. The van der Waals surface area contributed by atoms with Gasteiger partial charge in [-0.2, -0.15) is 0 Å². The second-order valence-corrected chi connectivity index (χ2v) is 5.24. The van der Waals surface area contributed by atoms with Crippen molar-refractivity contribution in [3.05, 3.63) is 47.5 Å². The van der Waals surface area contributed by atoms with Gasteiger partial charge in [0, 0.05) is 17.5 Å². The Hall–Kier alpha value is -2.36. The number of carbonyl (C=O) groups excluding carboxylic acids is 1. The lowest BCUT2D eigenvalue weighted by molar-refractivity contribution is 0.0699. The van der Waals surface area contributed by atoms with Gasteiger partial charge in [-0.15, -0.1) is 0 Å². The molecule has 2 N–H and O–H groups in total. The van der Waals surface area contributed by atoms with Crippen molar-refractivity contribution in [1.82, 2.24) is 5.32 Å². The average molecular weight is 285 g/mol. The summed E-state index contributed by atoms with van der Waals surface area (Å²) in [5.74, 6) is -0.861. The molecule has 0 aliphatic heterocycles. The number of nitrogens with one attached hydrogen (secondary N) is 1. The van der Waals surface area contributed by atoms with Crippen molar-refractivity contribution < 1.29 is 14.7 Å². The van der Waals surface area contributed by atoms with Crippen LogP contribution >= 0.6 is 0 Å². The molecule has 4 nitrogen and oxygen atoms in total. The van der Waals surface area contributed by atoms with E-state index in [-0.39, 0.29) is 11.5 Å². The molecular weight excluding hydrogens is 266 g/mol. The van der Waals surface area contributed by atoms with E-state index in [2.05, 4.69) is 19.2 Å². The van der Waals surface area contributed by atoms with Crippen LogP contribution in [0.3, 0.4) is 0 Å². The first-order valence-corrected chi connectivity index (χ1v) is 7.07. The van der Waals surface area contributed by atoms with Gasteiger partial charge in [-0.25, -0.2) is 4.79 Å². The average Bonchev–Trinajstić information content (AvgIpc) is 2.50. The van der Waals surface area contributed by atoms with Crippen LogP contribution in [0.5, 0.6) is 0 Å². The highest BCUT2D eigenvalue weighted by atomic mass is 16.4. The molecule has 0 radical (unpaired) electrons. The van der Waals surface area contributed by atoms with Gasteiger partial charge in [0.2, 0.25) is 0 Å². The lowest BCUT2D eigenvalue weighted by Gasteiger charge is -2.12. The maximum atomic E-state index is 12.3. The Balaban J connectivity index is 2.44. The van der Waals surface area contributed by atoms with E-state index >= 15 is 0 Å². The van der Waals surface area contributed by atoms with Gasteiger partial charge in [-0.3, -0.25) is 4.79 Å². The highest BCUT2D eigenvalue weighted by Crippen LogP contribution is 2.23. The molecule has 0 saturated carbocycles. The van der Waals surface area contributed by atoms with E-state index in [0.29, 0.717) is 23.4 Å². The van der Waals surface area contributed by atoms with Crippen LogP contribution in [-0.2, 0) is 0 Å². The van der Waals surface area contributed by atoms with Crippen LogP contribution in [0.15, 0.2) is 36.4 Å². The lowest BCUT2D eigenvalue weighted by atomic mass is 9.98. The van der Waals surface area contributed by atoms with Crippen LogP contribution in [-0.4, -0.2) is 23.5 Å². The van der Waals surface area contributed by atoms with E-state index in [1.165, 1.54) is 6.07 Å². The number of carboxylic acid groups (broad SMARTS) is 1. The molecule has 1 atom stereocenters. The smallest absolute Gasteiger partial charge is 0.336 e. The summed E-state index contributed by atoms with van der Waals surface area (Å²) in [7, 11) is 0. The molecule has 0 aromatic heterocycles. The normalized spacial score (nSPS) is 12.1. The molecule has 0 spiro atoms. The number of carbonyl (C=O) groups is 2. The zero-order valence-corrected chi connectivity index (χ0v) is 12.2. The Morgan fingerprint density at radius 1 is 1.14 bits per heavy atom. The van der Waals surface area contributed by atoms with Crippen LogP contribution < -0.4 is 5.32 Å². The number of amides is 1. The molecule has 0 fully saturated rings. The molecule has 4 heteroatoms. The van der Waals surface area contributed by atoms with E-state index in [9.17, 15) is 14.7 Å². The molecule has 0 aliphatic carbocycles. The molecule has 2 aromatic carbocycles. The molecule has 1 amide bonds. The SMILES string of the molecule is CCC(C)CNC(=O)c1cccc2cccc(C(=O)O)c12. The zero-order valence-electron chi connectivity index (χ0n) is 12.2. The number of carboxylic acids is 1. The molecule has 0 saturated heterocycles. The van der Waals surface area contributed by atoms with Crippen molar-refractivity contribution in [1.29, 1.82) is 0 Å². The second kappa shape index (κ2) is 6.39. The topological polar surface area (TPSA) is 66.4 Å². The first-order valence-electron chi connectivity index (χ1n) is 7.07. The Kier molecular flexibility index (Phi) is 4.58. The Morgan fingerprint density at radius 3 is 2.33 bits per heavy atom. The van der Waals surface area contributed by atoms with Gasteiger partial charge >= 0.3 is 5.97 Å². The van der Waals surface area contributed by atoms with E-state index in [1.807, 2.05) is 12.1 Å². The van der Waals surface area contributed by atoms with Gasteiger partial charge in [-0.05, 0) is 23.4 Å². The van der Waals surface area contributed by atoms with Crippen molar-refractivity contribution in [2.45, 2.75) is 20.3 Å².